The van der Waals surface area contributed by atoms with Gasteiger partial charge < -0.3 is 15.2 Å². The Morgan fingerprint density at radius 1 is 1.12 bits per heavy atom. The fourth-order valence-electron chi connectivity index (χ4n) is 3.32. The molecule has 8 nitrogen and oxygen atoms in total. The highest BCUT2D eigenvalue weighted by Gasteiger charge is 2.31. The number of carboxylic acid groups (broad SMARTS) is 1. The molecule has 1 aliphatic carbocycles. The highest BCUT2D eigenvalue weighted by molar-refractivity contribution is 7.89. The van der Waals surface area contributed by atoms with Crippen molar-refractivity contribution in [2.75, 3.05) is 26.3 Å². The van der Waals surface area contributed by atoms with Gasteiger partial charge in [-0.25, -0.2) is 8.42 Å². The molecule has 3 rings (SSSR count). The molecule has 1 heterocycles. The standard InChI is InChI=1S/C17H22N2O6S/c20-16(18-14-4-1-13(11-14)17(21)22)12-2-5-15(6-3-12)26(23,24)19-7-9-25-10-8-19/h2-3,5-6,13-14H,1,4,7-11H2,(H,18,20)(H,21,22)/t13-,14+/m0/s1. The zero-order valence-corrected chi connectivity index (χ0v) is 15.1. The van der Waals surface area contributed by atoms with Gasteiger partial charge in [-0.1, -0.05) is 0 Å². The molecule has 2 N–H and O–H groups in total. The van der Waals surface area contributed by atoms with Crippen molar-refractivity contribution < 1.29 is 27.9 Å². The number of sulfonamides is 1. The van der Waals surface area contributed by atoms with Crippen LogP contribution in [0.3, 0.4) is 0 Å². The molecule has 142 valence electrons. The number of aliphatic carboxylic acids is 1. The van der Waals surface area contributed by atoms with Crippen LogP contribution in [0.15, 0.2) is 29.2 Å². The van der Waals surface area contributed by atoms with Gasteiger partial charge in [0.2, 0.25) is 10.0 Å². The third-order valence-electron chi connectivity index (χ3n) is 4.84. The van der Waals surface area contributed by atoms with Crippen molar-refractivity contribution in [2.45, 2.75) is 30.2 Å². The quantitative estimate of drug-likeness (QED) is 0.775. The Morgan fingerprint density at radius 3 is 2.35 bits per heavy atom. The van der Waals surface area contributed by atoms with Gasteiger partial charge in [-0.15, -0.1) is 0 Å². The number of carbonyl (C=O) groups excluding carboxylic acids is 1. The van der Waals surface area contributed by atoms with Gasteiger partial charge >= 0.3 is 5.97 Å². The van der Waals surface area contributed by atoms with Gasteiger partial charge in [-0.05, 0) is 43.5 Å². The van der Waals surface area contributed by atoms with Crippen LogP contribution in [0.2, 0.25) is 0 Å². The topological polar surface area (TPSA) is 113 Å². The highest BCUT2D eigenvalue weighted by atomic mass is 32.2. The summed E-state index contributed by atoms with van der Waals surface area (Å²) in [6.45, 7) is 1.38. The van der Waals surface area contributed by atoms with Gasteiger partial charge in [0, 0.05) is 24.7 Å². The summed E-state index contributed by atoms with van der Waals surface area (Å²) in [6.07, 6.45) is 1.60. The molecule has 0 unspecified atom stereocenters. The van der Waals surface area contributed by atoms with Crippen LogP contribution in [0, 0.1) is 5.92 Å². The predicted molar refractivity (Wildman–Crippen MR) is 92.3 cm³/mol. The number of ether oxygens (including phenoxy) is 1. The van der Waals surface area contributed by atoms with Gasteiger partial charge in [0.05, 0.1) is 24.0 Å². The Kier molecular flexibility index (Phi) is 5.59. The van der Waals surface area contributed by atoms with E-state index in [9.17, 15) is 18.0 Å². The summed E-state index contributed by atoms with van der Waals surface area (Å²) < 4.78 is 31.7. The first-order valence-corrected chi connectivity index (χ1v) is 10.0. The molecule has 2 fully saturated rings. The van der Waals surface area contributed by atoms with Gasteiger partial charge in [-0.2, -0.15) is 4.31 Å². The van der Waals surface area contributed by atoms with Crippen LogP contribution < -0.4 is 5.32 Å². The number of nitrogens with one attached hydrogen (secondary N) is 1. The largest absolute Gasteiger partial charge is 0.481 e. The van der Waals surface area contributed by atoms with Crippen LogP contribution in [0.4, 0.5) is 0 Å². The van der Waals surface area contributed by atoms with Gasteiger partial charge in [0.15, 0.2) is 0 Å². The number of amides is 1. The third kappa shape index (κ3) is 4.05. The van der Waals surface area contributed by atoms with Crippen LogP contribution in [-0.4, -0.2) is 62.1 Å². The zero-order chi connectivity index (χ0) is 18.7. The number of carboxylic acids is 1. The number of hydrogen-bond acceptors (Lipinski definition) is 5. The first kappa shape index (κ1) is 18.8. The molecule has 1 saturated carbocycles. The average molecular weight is 382 g/mol. The smallest absolute Gasteiger partial charge is 0.306 e. The fraction of sp³-hybridized carbons (Fsp3) is 0.529. The highest BCUT2D eigenvalue weighted by Crippen LogP contribution is 2.26. The van der Waals surface area contributed by atoms with E-state index in [0.29, 0.717) is 51.1 Å². The minimum atomic E-state index is -3.59. The minimum Gasteiger partial charge on any atom is -0.481 e. The van der Waals surface area contributed by atoms with E-state index in [0.717, 1.165) is 0 Å². The van der Waals surface area contributed by atoms with Crippen LogP contribution in [-0.2, 0) is 19.6 Å². The van der Waals surface area contributed by atoms with Crippen molar-refractivity contribution in [1.82, 2.24) is 9.62 Å². The van der Waals surface area contributed by atoms with E-state index in [4.69, 9.17) is 9.84 Å². The second-order valence-electron chi connectivity index (χ2n) is 6.56. The van der Waals surface area contributed by atoms with Crippen molar-refractivity contribution in [3.05, 3.63) is 29.8 Å². The van der Waals surface area contributed by atoms with E-state index in [-0.39, 0.29) is 16.8 Å². The van der Waals surface area contributed by atoms with Crippen LogP contribution in [0.5, 0.6) is 0 Å². The maximum absolute atomic E-state index is 12.6. The normalized spacial score (nSPS) is 24.3. The summed E-state index contributed by atoms with van der Waals surface area (Å²) in [7, 11) is -3.59. The number of hydrogen-bond donors (Lipinski definition) is 2. The summed E-state index contributed by atoms with van der Waals surface area (Å²) in [5.41, 5.74) is 0.352. The van der Waals surface area contributed by atoms with E-state index in [1.54, 1.807) is 0 Å². The Morgan fingerprint density at radius 2 is 1.77 bits per heavy atom. The maximum Gasteiger partial charge on any atom is 0.306 e. The first-order chi connectivity index (χ1) is 12.4. The SMILES string of the molecule is O=C(N[C@@H]1CC[C@H](C(=O)O)C1)c1ccc(S(=O)(=O)N2CCOCC2)cc1. The van der Waals surface area contributed by atoms with Gasteiger partial charge in [-0.3, -0.25) is 9.59 Å². The monoisotopic (exact) mass is 382 g/mol. The van der Waals surface area contributed by atoms with Crippen molar-refractivity contribution in [3.8, 4) is 0 Å². The third-order valence-corrected chi connectivity index (χ3v) is 6.75. The van der Waals surface area contributed by atoms with Crippen LogP contribution in [0.25, 0.3) is 0 Å². The molecule has 2 atom stereocenters. The van der Waals surface area contributed by atoms with E-state index in [1.807, 2.05) is 0 Å². The summed E-state index contributed by atoms with van der Waals surface area (Å²) in [6, 6.07) is 5.64. The predicted octanol–water partition coefficient (Wildman–Crippen LogP) is 0.691. The Balaban J connectivity index is 1.64. The number of benzene rings is 1. The lowest BCUT2D eigenvalue weighted by Crippen LogP contribution is -2.40. The molecular weight excluding hydrogens is 360 g/mol. The van der Waals surface area contributed by atoms with Crippen LogP contribution in [0.1, 0.15) is 29.6 Å². The summed E-state index contributed by atoms with van der Waals surface area (Å²) in [5.74, 6) is -1.57. The van der Waals surface area contributed by atoms with Crippen molar-refractivity contribution in [2.24, 2.45) is 5.92 Å². The molecule has 0 radical (unpaired) electrons. The van der Waals surface area contributed by atoms with Gasteiger partial charge in [0.25, 0.3) is 5.91 Å². The minimum absolute atomic E-state index is 0.141. The molecule has 1 saturated heterocycles. The molecule has 9 heteroatoms. The van der Waals surface area contributed by atoms with E-state index >= 15 is 0 Å². The van der Waals surface area contributed by atoms with Gasteiger partial charge in [0.1, 0.15) is 0 Å². The number of rotatable bonds is 5. The second kappa shape index (κ2) is 7.73. The van der Waals surface area contributed by atoms with Crippen molar-refractivity contribution in [1.29, 1.82) is 0 Å². The molecule has 1 aliphatic heterocycles. The van der Waals surface area contributed by atoms with Crippen molar-refractivity contribution in [3.63, 3.8) is 0 Å². The fourth-order valence-corrected chi connectivity index (χ4v) is 4.73. The lowest BCUT2D eigenvalue weighted by atomic mass is 10.1. The summed E-state index contributed by atoms with van der Waals surface area (Å²) in [4.78, 5) is 23.4. The summed E-state index contributed by atoms with van der Waals surface area (Å²) >= 11 is 0. The zero-order valence-electron chi connectivity index (χ0n) is 14.3. The molecule has 0 aromatic heterocycles. The van der Waals surface area contributed by atoms with Crippen molar-refractivity contribution >= 4 is 21.9 Å². The molecule has 26 heavy (non-hydrogen) atoms. The maximum atomic E-state index is 12.6. The summed E-state index contributed by atoms with van der Waals surface area (Å²) in [5, 5.41) is 11.8. The first-order valence-electron chi connectivity index (χ1n) is 8.59. The second-order valence-corrected chi connectivity index (χ2v) is 8.50. The molecule has 0 bridgehead atoms. The molecule has 2 aliphatic rings. The molecule has 0 spiro atoms. The van der Waals surface area contributed by atoms with Crippen LogP contribution >= 0.6 is 0 Å². The van der Waals surface area contributed by atoms with E-state index in [1.165, 1.54) is 28.6 Å². The number of carbonyl (C=O) groups is 2. The Labute approximate surface area is 152 Å². The molecule has 1 aromatic carbocycles. The molecule has 1 aromatic rings. The van der Waals surface area contributed by atoms with E-state index < -0.39 is 21.9 Å². The Bertz CT molecular complexity index is 771. The average Bonchev–Trinajstić information content (AvgIpc) is 3.11. The molecular formula is C17H22N2O6S. The lowest BCUT2D eigenvalue weighted by Gasteiger charge is -2.26. The lowest BCUT2D eigenvalue weighted by molar-refractivity contribution is -0.141. The van der Waals surface area contributed by atoms with E-state index in [2.05, 4.69) is 5.32 Å². The molecule has 1 amide bonds. The number of morpholine rings is 1. The Hall–Kier alpha value is -1.97. The number of nitrogens with zero attached hydrogens (tertiary/aromatic N) is 1.